The van der Waals surface area contributed by atoms with E-state index in [0.29, 0.717) is 30.3 Å². The van der Waals surface area contributed by atoms with Crippen LogP contribution in [0.5, 0.6) is 11.5 Å². The van der Waals surface area contributed by atoms with Crippen molar-refractivity contribution in [1.82, 2.24) is 15.2 Å². The first-order chi connectivity index (χ1) is 14.5. The van der Waals surface area contributed by atoms with Crippen molar-refractivity contribution in [3.63, 3.8) is 0 Å². The van der Waals surface area contributed by atoms with Crippen molar-refractivity contribution >= 4 is 11.8 Å². The molecule has 2 aromatic rings. The lowest BCUT2D eigenvalue weighted by atomic mass is 9.97. The minimum absolute atomic E-state index is 0.0492. The van der Waals surface area contributed by atoms with Crippen LogP contribution in [-0.2, 0) is 17.9 Å². The molecule has 3 heterocycles. The van der Waals surface area contributed by atoms with Gasteiger partial charge in [-0.15, -0.1) is 0 Å². The average Bonchev–Trinajstić information content (AvgIpc) is 3.20. The van der Waals surface area contributed by atoms with Gasteiger partial charge in [0.15, 0.2) is 11.5 Å². The highest BCUT2D eigenvalue weighted by Crippen LogP contribution is 2.32. The van der Waals surface area contributed by atoms with Crippen molar-refractivity contribution in [3.05, 3.63) is 57.5 Å². The molecule has 1 fully saturated rings. The lowest BCUT2D eigenvalue weighted by molar-refractivity contribution is -0.123. The van der Waals surface area contributed by atoms with Gasteiger partial charge in [0, 0.05) is 25.3 Å². The molecule has 30 heavy (non-hydrogen) atoms. The fourth-order valence-corrected chi connectivity index (χ4v) is 3.79. The van der Waals surface area contributed by atoms with Crippen molar-refractivity contribution in [2.45, 2.75) is 25.9 Å². The molecule has 2 aliphatic rings. The molecule has 9 nitrogen and oxygen atoms in total. The molecular formula is C21H24N4O5. The number of hydrogen-bond acceptors (Lipinski definition) is 6. The molecule has 0 saturated carbocycles. The van der Waals surface area contributed by atoms with Gasteiger partial charge < -0.3 is 25.5 Å². The Morgan fingerprint density at radius 3 is 2.83 bits per heavy atom. The number of likely N-dealkylation sites (tertiary alicyclic amines) is 1. The molecule has 2 aliphatic heterocycles. The van der Waals surface area contributed by atoms with E-state index in [1.54, 1.807) is 18.2 Å². The summed E-state index contributed by atoms with van der Waals surface area (Å²) >= 11 is 0. The van der Waals surface area contributed by atoms with Gasteiger partial charge in [0.1, 0.15) is 5.56 Å². The molecule has 0 unspecified atom stereocenters. The van der Waals surface area contributed by atoms with Gasteiger partial charge in [-0.2, -0.15) is 0 Å². The average molecular weight is 412 g/mol. The number of piperidine rings is 1. The van der Waals surface area contributed by atoms with Gasteiger partial charge in [0.2, 0.25) is 12.7 Å². The first kappa shape index (κ1) is 20.0. The highest BCUT2D eigenvalue weighted by atomic mass is 16.7. The van der Waals surface area contributed by atoms with Gasteiger partial charge in [-0.25, -0.2) is 0 Å². The topological polar surface area (TPSA) is 127 Å². The zero-order chi connectivity index (χ0) is 21.1. The summed E-state index contributed by atoms with van der Waals surface area (Å²) in [6.45, 7) is 2.36. The number of nitrogens with two attached hydrogens (primary N) is 1. The first-order valence-electron chi connectivity index (χ1n) is 9.90. The SMILES string of the molecule is NC(=O)[C@@H]1CCCN(Cc2ccc(C(=O)NCc3ccc4c(c3)OCO4)c(=O)[nH]2)C1. The molecule has 0 radical (unpaired) electrons. The third-order valence-electron chi connectivity index (χ3n) is 5.41. The summed E-state index contributed by atoms with van der Waals surface area (Å²) in [4.78, 5) is 41.1. The number of rotatable bonds is 6. The molecule has 4 rings (SSSR count). The minimum atomic E-state index is -0.452. The number of fused-ring (bicyclic) bond motifs is 1. The van der Waals surface area contributed by atoms with Crippen molar-refractivity contribution in [1.29, 1.82) is 0 Å². The Balaban J connectivity index is 1.36. The largest absolute Gasteiger partial charge is 0.454 e. The third kappa shape index (κ3) is 4.46. The molecule has 0 spiro atoms. The van der Waals surface area contributed by atoms with Gasteiger partial charge in [-0.05, 0) is 49.2 Å². The number of aromatic nitrogens is 1. The number of pyridine rings is 1. The maximum atomic E-state index is 12.4. The Hall–Kier alpha value is -3.33. The minimum Gasteiger partial charge on any atom is -0.454 e. The van der Waals surface area contributed by atoms with Crippen LogP contribution in [0.1, 0.15) is 34.5 Å². The van der Waals surface area contributed by atoms with E-state index < -0.39 is 11.5 Å². The summed E-state index contributed by atoms with van der Waals surface area (Å²) in [5.74, 6) is 0.412. The number of carbonyl (C=O) groups is 2. The van der Waals surface area contributed by atoms with Crippen LogP contribution in [0.15, 0.2) is 35.1 Å². The van der Waals surface area contributed by atoms with Crippen molar-refractivity contribution < 1.29 is 19.1 Å². The molecule has 0 aliphatic carbocycles. The molecule has 1 atom stereocenters. The number of hydrogen-bond donors (Lipinski definition) is 3. The number of amides is 2. The van der Waals surface area contributed by atoms with E-state index >= 15 is 0 Å². The maximum absolute atomic E-state index is 12.4. The summed E-state index contributed by atoms with van der Waals surface area (Å²) < 4.78 is 10.6. The number of benzene rings is 1. The lowest BCUT2D eigenvalue weighted by Crippen LogP contribution is -2.41. The zero-order valence-corrected chi connectivity index (χ0v) is 16.5. The first-order valence-corrected chi connectivity index (χ1v) is 9.90. The highest BCUT2D eigenvalue weighted by Gasteiger charge is 2.24. The second kappa shape index (κ2) is 8.58. The van der Waals surface area contributed by atoms with Crippen LogP contribution in [-0.4, -0.2) is 41.6 Å². The van der Waals surface area contributed by atoms with Crippen molar-refractivity contribution in [3.8, 4) is 11.5 Å². The molecule has 1 aromatic heterocycles. The summed E-state index contributed by atoms with van der Waals surface area (Å²) in [6, 6.07) is 8.67. The summed E-state index contributed by atoms with van der Waals surface area (Å²) in [5.41, 5.74) is 6.55. The Bertz CT molecular complexity index is 1020. The second-order valence-corrected chi connectivity index (χ2v) is 7.57. The molecule has 1 saturated heterocycles. The Labute approximate surface area is 173 Å². The summed E-state index contributed by atoms with van der Waals surface area (Å²) in [6.07, 6.45) is 1.68. The van der Waals surface area contributed by atoms with E-state index in [9.17, 15) is 14.4 Å². The predicted molar refractivity (Wildman–Crippen MR) is 108 cm³/mol. The number of nitrogens with zero attached hydrogens (tertiary/aromatic N) is 1. The maximum Gasteiger partial charge on any atom is 0.261 e. The van der Waals surface area contributed by atoms with Crippen LogP contribution in [0.25, 0.3) is 0 Å². The Morgan fingerprint density at radius 1 is 1.20 bits per heavy atom. The van der Waals surface area contributed by atoms with Crippen LogP contribution in [0.2, 0.25) is 0 Å². The summed E-state index contributed by atoms with van der Waals surface area (Å²) in [5, 5.41) is 2.75. The summed E-state index contributed by atoms with van der Waals surface area (Å²) in [7, 11) is 0. The van der Waals surface area contributed by atoms with E-state index in [-0.39, 0.29) is 30.7 Å². The van der Waals surface area contributed by atoms with Gasteiger partial charge in [0.25, 0.3) is 11.5 Å². The lowest BCUT2D eigenvalue weighted by Gasteiger charge is -2.30. The fraction of sp³-hybridized carbons (Fsp3) is 0.381. The number of H-pyrrole nitrogens is 1. The van der Waals surface area contributed by atoms with E-state index in [0.717, 1.165) is 24.9 Å². The van der Waals surface area contributed by atoms with Crippen LogP contribution in [0.4, 0.5) is 0 Å². The standard InChI is InChI=1S/C21H24N4O5/c22-19(26)14-2-1-7-25(10-14)11-15-4-5-16(21(28)24-15)20(27)23-9-13-3-6-17-18(8-13)30-12-29-17/h3-6,8,14H,1-2,7,9-12H2,(H2,22,26)(H,23,27)(H,24,28)/t14-/m1/s1. The zero-order valence-electron chi connectivity index (χ0n) is 16.5. The molecule has 158 valence electrons. The number of ether oxygens (including phenoxy) is 2. The third-order valence-corrected chi connectivity index (χ3v) is 5.41. The van der Waals surface area contributed by atoms with Crippen molar-refractivity contribution in [2.24, 2.45) is 11.7 Å². The molecule has 4 N–H and O–H groups in total. The Kier molecular flexibility index (Phi) is 5.71. The predicted octanol–water partition coefficient (Wildman–Crippen LogP) is 0.731. The van der Waals surface area contributed by atoms with Crippen LogP contribution >= 0.6 is 0 Å². The van der Waals surface area contributed by atoms with E-state index in [2.05, 4.69) is 15.2 Å². The monoisotopic (exact) mass is 412 g/mol. The van der Waals surface area contributed by atoms with Crippen LogP contribution in [0.3, 0.4) is 0 Å². The van der Waals surface area contributed by atoms with Crippen molar-refractivity contribution in [2.75, 3.05) is 19.9 Å². The smallest absolute Gasteiger partial charge is 0.261 e. The number of primary amides is 1. The number of nitrogens with one attached hydrogen (secondary N) is 2. The Morgan fingerprint density at radius 2 is 2.03 bits per heavy atom. The van der Waals surface area contributed by atoms with E-state index in [1.807, 2.05) is 6.07 Å². The fourth-order valence-electron chi connectivity index (χ4n) is 3.79. The molecule has 0 bridgehead atoms. The number of carbonyl (C=O) groups excluding carboxylic acids is 2. The quantitative estimate of drug-likeness (QED) is 0.642. The van der Waals surface area contributed by atoms with Crippen LogP contribution < -0.4 is 26.1 Å². The van der Waals surface area contributed by atoms with Crippen LogP contribution in [0, 0.1) is 5.92 Å². The van der Waals surface area contributed by atoms with Gasteiger partial charge in [-0.1, -0.05) is 6.07 Å². The van der Waals surface area contributed by atoms with E-state index in [4.69, 9.17) is 15.2 Å². The highest BCUT2D eigenvalue weighted by molar-refractivity contribution is 5.93. The molecule has 2 amide bonds. The van der Waals surface area contributed by atoms with Gasteiger partial charge in [0.05, 0.1) is 5.92 Å². The molecular weight excluding hydrogens is 388 g/mol. The van der Waals surface area contributed by atoms with Gasteiger partial charge in [-0.3, -0.25) is 19.3 Å². The second-order valence-electron chi connectivity index (χ2n) is 7.57. The van der Waals surface area contributed by atoms with E-state index in [1.165, 1.54) is 6.07 Å². The molecule has 9 heteroatoms. The normalized spacial score (nSPS) is 18.2. The number of aromatic amines is 1. The van der Waals surface area contributed by atoms with Gasteiger partial charge >= 0.3 is 0 Å². The molecule has 1 aromatic carbocycles.